The Morgan fingerprint density at radius 3 is 2.18 bits per heavy atom. The minimum absolute atomic E-state index is 0.0214. The number of rotatable bonds is 6. The third-order valence-electron chi connectivity index (χ3n) is 6.80. The zero-order valence-electron chi connectivity index (χ0n) is 16.5. The number of urea groups is 1. The monoisotopic (exact) mass is 387 g/mol. The Labute approximate surface area is 166 Å². The van der Waals surface area contributed by atoms with Crippen LogP contribution in [0.15, 0.2) is 24.3 Å². The van der Waals surface area contributed by atoms with Crippen molar-refractivity contribution in [2.45, 2.75) is 57.4 Å². The summed E-state index contributed by atoms with van der Waals surface area (Å²) in [6.07, 6.45) is 7.58. The van der Waals surface area contributed by atoms with Gasteiger partial charge in [0, 0.05) is 30.7 Å². The summed E-state index contributed by atoms with van der Waals surface area (Å²) in [6, 6.07) is 5.75. The van der Waals surface area contributed by atoms with E-state index in [4.69, 9.17) is 0 Å². The summed E-state index contributed by atoms with van der Waals surface area (Å²) >= 11 is 0. The minimum atomic E-state index is -0.324. The molecule has 1 aromatic carbocycles. The van der Waals surface area contributed by atoms with Gasteiger partial charge in [0.1, 0.15) is 5.82 Å². The van der Waals surface area contributed by atoms with Crippen molar-refractivity contribution in [3.63, 3.8) is 0 Å². The number of carbonyl (C=O) groups is 2. The molecule has 0 spiro atoms. The Kier molecular flexibility index (Phi) is 5.30. The van der Waals surface area contributed by atoms with E-state index in [1.54, 1.807) is 17.0 Å². The van der Waals surface area contributed by atoms with Crippen molar-refractivity contribution < 1.29 is 14.0 Å². The number of nitrogens with one attached hydrogen (secondary N) is 2. The van der Waals surface area contributed by atoms with Crippen molar-refractivity contribution in [2.75, 3.05) is 18.0 Å². The molecule has 0 radical (unpaired) electrons. The maximum Gasteiger partial charge on any atom is 0.315 e. The maximum atomic E-state index is 13.1. The standard InChI is InChI=1S/C22H30FN3O2/c1-2-26(19-5-3-18(23)4-6-19)20(27)7-8-24-21(28)25-22-12-15-9-16(13-22)11-17(10-15)14-22/h3-6,15-17H,2,7-14H2,1H3,(H2,24,25,28). The zero-order valence-corrected chi connectivity index (χ0v) is 16.5. The average Bonchev–Trinajstić information content (AvgIpc) is 2.62. The summed E-state index contributed by atoms with van der Waals surface area (Å²) in [7, 11) is 0. The van der Waals surface area contributed by atoms with Gasteiger partial charge in [0.15, 0.2) is 0 Å². The Morgan fingerprint density at radius 1 is 1.07 bits per heavy atom. The van der Waals surface area contributed by atoms with Gasteiger partial charge in [-0.3, -0.25) is 4.79 Å². The topological polar surface area (TPSA) is 61.4 Å². The number of amides is 3. The van der Waals surface area contributed by atoms with Crippen molar-refractivity contribution in [3.8, 4) is 0 Å². The maximum absolute atomic E-state index is 13.1. The van der Waals surface area contributed by atoms with E-state index >= 15 is 0 Å². The van der Waals surface area contributed by atoms with Gasteiger partial charge in [-0.05, 0) is 87.5 Å². The Morgan fingerprint density at radius 2 is 1.64 bits per heavy atom. The van der Waals surface area contributed by atoms with Crippen molar-refractivity contribution >= 4 is 17.6 Å². The van der Waals surface area contributed by atoms with E-state index in [0.29, 0.717) is 18.8 Å². The summed E-state index contributed by atoms with van der Waals surface area (Å²) < 4.78 is 13.1. The number of benzene rings is 1. The molecule has 0 unspecified atom stereocenters. The van der Waals surface area contributed by atoms with Crippen LogP contribution in [-0.2, 0) is 4.79 Å². The highest BCUT2D eigenvalue weighted by atomic mass is 19.1. The number of anilines is 1. The van der Waals surface area contributed by atoms with E-state index in [0.717, 1.165) is 37.0 Å². The average molecular weight is 387 g/mol. The molecule has 3 amide bonds. The molecule has 2 N–H and O–H groups in total. The molecule has 5 rings (SSSR count). The first-order valence-electron chi connectivity index (χ1n) is 10.6. The summed E-state index contributed by atoms with van der Waals surface area (Å²) in [5, 5.41) is 6.13. The van der Waals surface area contributed by atoms with Gasteiger partial charge in [0.25, 0.3) is 0 Å². The van der Waals surface area contributed by atoms with Crippen LogP contribution < -0.4 is 15.5 Å². The fourth-order valence-corrected chi connectivity index (χ4v) is 6.09. The molecular formula is C22H30FN3O2. The molecule has 0 atom stereocenters. The van der Waals surface area contributed by atoms with Crippen LogP contribution in [-0.4, -0.2) is 30.6 Å². The first-order valence-corrected chi connectivity index (χ1v) is 10.6. The lowest BCUT2D eigenvalue weighted by molar-refractivity contribution is -0.118. The lowest BCUT2D eigenvalue weighted by Crippen LogP contribution is -2.61. The van der Waals surface area contributed by atoms with E-state index in [1.165, 1.54) is 31.4 Å². The summed E-state index contributed by atoms with van der Waals surface area (Å²) in [5.41, 5.74) is 0.652. The normalized spacial score (nSPS) is 30.1. The molecule has 4 fully saturated rings. The fraction of sp³-hybridized carbons (Fsp3) is 0.636. The fourth-order valence-electron chi connectivity index (χ4n) is 6.09. The number of halogens is 1. The molecule has 4 aliphatic rings. The number of carbonyl (C=O) groups excluding carboxylic acids is 2. The number of hydrogen-bond donors (Lipinski definition) is 2. The molecule has 0 heterocycles. The van der Waals surface area contributed by atoms with Gasteiger partial charge in [0.2, 0.25) is 5.91 Å². The van der Waals surface area contributed by atoms with Crippen LogP contribution in [0.2, 0.25) is 0 Å². The highest BCUT2D eigenvalue weighted by Crippen LogP contribution is 2.55. The third kappa shape index (κ3) is 4.01. The third-order valence-corrected chi connectivity index (χ3v) is 6.80. The van der Waals surface area contributed by atoms with E-state index < -0.39 is 0 Å². The predicted molar refractivity (Wildman–Crippen MR) is 106 cm³/mol. The van der Waals surface area contributed by atoms with Crippen molar-refractivity contribution in [2.24, 2.45) is 17.8 Å². The molecule has 0 aliphatic heterocycles. The van der Waals surface area contributed by atoms with Crippen molar-refractivity contribution in [1.29, 1.82) is 0 Å². The van der Waals surface area contributed by atoms with Gasteiger partial charge < -0.3 is 15.5 Å². The summed E-state index contributed by atoms with van der Waals surface area (Å²) in [6.45, 7) is 2.69. The van der Waals surface area contributed by atoms with Gasteiger partial charge in [-0.15, -0.1) is 0 Å². The quantitative estimate of drug-likeness (QED) is 0.779. The molecule has 0 saturated heterocycles. The first-order chi connectivity index (χ1) is 13.5. The second kappa shape index (κ2) is 7.72. The molecule has 4 saturated carbocycles. The van der Waals surface area contributed by atoms with E-state index in [1.807, 2.05) is 6.92 Å². The largest absolute Gasteiger partial charge is 0.338 e. The van der Waals surface area contributed by atoms with E-state index in [-0.39, 0.29) is 29.7 Å². The second-order valence-electron chi connectivity index (χ2n) is 8.94. The van der Waals surface area contributed by atoms with Crippen LogP contribution in [0.3, 0.4) is 0 Å². The van der Waals surface area contributed by atoms with E-state index in [2.05, 4.69) is 10.6 Å². The molecule has 5 nitrogen and oxygen atoms in total. The molecule has 4 aliphatic carbocycles. The first kappa shape index (κ1) is 19.2. The minimum Gasteiger partial charge on any atom is -0.338 e. The van der Waals surface area contributed by atoms with Gasteiger partial charge >= 0.3 is 6.03 Å². The highest BCUT2D eigenvalue weighted by Gasteiger charge is 2.51. The smallest absolute Gasteiger partial charge is 0.315 e. The highest BCUT2D eigenvalue weighted by molar-refractivity contribution is 5.93. The SMILES string of the molecule is CCN(C(=O)CCNC(=O)NC12CC3CC(CC(C3)C1)C2)c1ccc(F)cc1. The Hall–Kier alpha value is -2.11. The molecule has 6 heteroatoms. The Balaban J connectivity index is 1.26. The van der Waals surface area contributed by atoms with Crippen molar-refractivity contribution in [1.82, 2.24) is 10.6 Å². The lowest BCUT2D eigenvalue weighted by atomic mass is 9.53. The van der Waals surface area contributed by atoms with Crippen LogP contribution in [0.5, 0.6) is 0 Å². The predicted octanol–water partition coefficient (Wildman–Crippen LogP) is 3.84. The van der Waals surface area contributed by atoms with Crippen LogP contribution in [0.4, 0.5) is 14.9 Å². The summed E-state index contributed by atoms with van der Waals surface area (Å²) in [5.74, 6) is 1.94. The van der Waals surface area contributed by atoms with Crippen LogP contribution >= 0.6 is 0 Å². The van der Waals surface area contributed by atoms with Crippen molar-refractivity contribution in [3.05, 3.63) is 30.1 Å². The number of nitrogens with zero attached hydrogens (tertiary/aromatic N) is 1. The zero-order chi connectivity index (χ0) is 19.7. The Bertz CT molecular complexity index is 699. The molecule has 0 aromatic heterocycles. The van der Waals surface area contributed by atoms with Crippen LogP contribution in [0, 0.1) is 23.6 Å². The second-order valence-corrected chi connectivity index (χ2v) is 8.94. The van der Waals surface area contributed by atoms with Gasteiger partial charge in [-0.1, -0.05) is 0 Å². The van der Waals surface area contributed by atoms with Gasteiger partial charge in [-0.2, -0.15) is 0 Å². The lowest BCUT2D eigenvalue weighted by Gasteiger charge is -2.56. The van der Waals surface area contributed by atoms with Gasteiger partial charge in [-0.25, -0.2) is 9.18 Å². The van der Waals surface area contributed by atoms with E-state index in [9.17, 15) is 14.0 Å². The molecule has 152 valence electrons. The molecule has 1 aromatic rings. The van der Waals surface area contributed by atoms with Crippen LogP contribution in [0.25, 0.3) is 0 Å². The number of hydrogen-bond acceptors (Lipinski definition) is 2. The molecule has 4 bridgehead atoms. The van der Waals surface area contributed by atoms with Crippen LogP contribution in [0.1, 0.15) is 51.9 Å². The molecular weight excluding hydrogens is 357 g/mol. The molecule has 28 heavy (non-hydrogen) atoms. The summed E-state index contributed by atoms with van der Waals surface area (Å²) in [4.78, 5) is 26.6. The van der Waals surface area contributed by atoms with Gasteiger partial charge in [0.05, 0.1) is 0 Å².